The van der Waals surface area contributed by atoms with Gasteiger partial charge in [0.15, 0.2) is 16.9 Å². The van der Waals surface area contributed by atoms with Crippen molar-refractivity contribution in [1.82, 2.24) is 18.7 Å². The minimum atomic E-state index is -0.449. The van der Waals surface area contributed by atoms with Crippen molar-refractivity contribution in [2.24, 2.45) is 14.1 Å². The maximum atomic E-state index is 12.6. The van der Waals surface area contributed by atoms with Crippen molar-refractivity contribution < 1.29 is 9.53 Å². The maximum absolute atomic E-state index is 12.6. The third-order valence-corrected chi connectivity index (χ3v) is 4.93. The quantitative estimate of drug-likeness (QED) is 0.517. The van der Waals surface area contributed by atoms with Gasteiger partial charge in [-0.3, -0.25) is 18.7 Å². The summed E-state index contributed by atoms with van der Waals surface area (Å²) in [5, 5.41) is 2.85. The van der Waals surface area contributed by atoms with Gasteiger partial charge in [-0.1, -0.05) is 30.3 Å². The highest BCUT2D eigenvalue weighted by Crippen LogP contribution is 2.29. The van der Waals surface area contributed by atoms with Crippen LogP contribution >= 0.6 is 0 Å². The lowest BCUT2D eigenvalue weighted by Gasteiger charge is -2.12. The Kier molecular flexibility index (Phi) is 5.40. The molecule has 0 fully saturated rings. The van der Waals surface area contributed by atoms with E-state index < -0.39 is 11.2 Å². The summed E-state index contributed by atoms with van der Waals surface area (Å²) in [7, 11) is 2.97. The van der Waals surface area contributed by atoms with Crippen molar-refractivity contribution in [2.75, 3.05) is 5.32 Å². The van der Waals surface area contributed by atoms with E-state index in [-0.39, 0.29) is 30.0 Å². The van der Waals surface area contributed by atoms with Crippen LogP contribution in [0.1, 0.15) is 6.42 Å². The normalized spacial score (nSPS) is 10.9. The molecule has 1 N–H and O–H groups in total. The Balaban J connectivity index is 1.50. The van der Waals surface area contributed by atoms with E-state index in [1.54, 1.807) is 29.8 Å². The Morgan fingerprint density at radius 1 is 1.00 bits per heavy atom. The molecule has 1 amide bonds. The minimum Gasteiger partial charge on any atom is -0.455 e. The number of aryl methyl sites for hydroxylation is 2. The van der Waals surface area contributed by atoms with Gasteiger partial charge >= 0.3 is 5.69 Å². The summed E-state index contributed by atoms with van der Waals surface area (Å²) in [5.41, 5.74) is 0.221. The minimum absolute atomic E-state index is 0.108. The summed E-state index contributed by atoms with van der Waals surface area (Å²) in [4.78, 5) is 41.3. The number of hydrogen-bond donors (Lipinski definition) is 1. The van der Waals surface area contributed by atoms with Crippen LogP contribution in [0.4, 0.5) is 5.69 Å². The lowest BCUT2D eigenvalue weighted by atomic mass is 10.2. The molecule has 0 spiro atoms. The van der Waals surface area contributed by atoms with Gasteiger partial charge in [0.2, 0.25) is 5.91 Å². The van der Waals surface area contributed by atoms with E-state index in [2.05, 4.69) is 10.3 Å². The van der Waals surface area contributed by atoms with Gasteiger partial charge in [-0.2, -0.15) is 0 Å². The van der Waals surface area contributed by atoms with Crippen molar-refractivity contribution in [3.05, 3.63) is 81.8 Å². The zero-order chi connectivity index (χ0) is 22.0. The maximum Gasteiger partial charge on any atom is 0.332 e. The smallest absolute Gasteiger partial charge is 0.332 e. The Hall–Kier alpha value is -4.14. The van der Waals surface area contributed by atoms with Crippen LogP contribution in [-0.4, -0.2) is 24.6 Å². The number of amides is 1. The number of hydrogen-bond acceptors (Lipinski definition) is 5. The molecule has 31 heavy (non-hydrogen) atoms. The Bertz CT molecular complexity index is 1370. The van der Waals surface area contributed by atoms with Crippen LogP contribution in [-0.2, 0) is 25.4 Å². The van der Waals surface area contributed by atoms with Crippen molar-refractivity contribution in [2.45, 2.75) is 13.0 Å². The van der Waals surface area contributed by atoms with E-state index in [4.69, 9.17) is 4.74 Å². The molecule has 4 rings (SSSR count). The number of fused-ring (bicyclic) bond motifs is 1. The van der Waals surface area contributed by atoms with Gasteiger partial charge in [0.05, 0.1) is 12.0 Å². The van der Waals surface area contributed by atoms with Crippen LogP contribution in [0, 0.1) is 0 Å². The number of rotatable bonds is 6. The lowest BCUT2D eigenvalue weighted by Crippen LogP contribution is -2.37. The molecule has 0 aliphatic rings. The fourth-order valence-corrected chi connectivity index (χ4v) is 3.28. The van der Waals surface area contributed by atoms with Gasteiger partial charge in [0, 0.05) is 27.1 Å². The van der Waals surface area contributed by atoms with E-state index in [0.717, 1.165) is 4.57 Å². The first-order valence-electron chi connectivity index (χ1n) is 9.68. The third-order valence-electron chi connectivity index (χ3n) is 4.93. The van der Waals surface area contributed by atoms with Crippen LogP contribution < -0.4 is 21.3 Å². The number of imidazole rings is 1. The second-order valence-electron chi connectivity index (χ2n) is 7.03. The predicted molar refractivity (Wildman–Crippen MR) is 116 cm³/mol. The summed E-state index contributed by atoms with van der Waals surface area (Å²) < 4.78 is 9.79. The number of para-hydroxylation sites is 3. The van der Waals surface area contributed by atoms with Crippen LogP contribution in [0.5, 0.6) is 11.5 Å². The highest BCUT2D eigenvalue weighted by atomic mass is 16.5. The molecular formula is C22H21N5O4. The van der Waals surface area contributed by atoms with E-state index in [1.165, 1.54) is 17.9 Å². The highest BCUT2D eigenvalue weighted by Gasteiger charge is 2.15. The van der Waals surface area contributed by atoms with Gasteiger partial charge in [-0.05, 0) is 24.3 Å². The number of ether oxygens (including phenoxy) is 1. The van der Waals surface area contributed by atoms with Gasteiger partial charge in [-0.25, -0.2) is 9.78 Å². The van der Waals surface area contributed by atoms with Gasteiger partial charge < -0.3 is 14.6 Å². The van der Waals surface area contributed by atoms with Gasteiger partial charge in [-0.15, -0.1) is 0 Å². The molecule has 9 nitrogen and oxygen atoms in total. The molecule has 2 aromatic heterocycles. The molecule has 0 unspecified atom stereocenters. The molecule has 0 saturated heterocycles. The molecule has 0 radical (unpaired) electrons. The highest BCUT2D eigenvalue weighted by molar-refractivity contribution is 5.92. The largest absolute Gasteiger partial charge is 0.455 e. The monoisotopic (exact) mass is 419 g/mol. The molecule has 0 aliphatic carbocycles. The topological polar surface area (TPSA) is 100 Å². The van der Waals surface area contributed by atoms with E-state index in [9.17, 15) is 14.4 Å². The van der Waals surface area contributed by atoms with Crippen molar-refractivity contribution in [3.63, 3.8) is 0 Å². The second-order valence-corrected chi connectivity index (χ2v) is 7.03. The number of nitrogens with one attached hydrogen (secondary N) is 1. The van der Waals surface area contributed by atoms with Gasteiger partial charge in [0.25, 0.3) is 5.56 Å². The fourth-order valence-electron chi connectivity index (χ4n) is 3.28. The van der Waals surface area contributed by atoms with E-state index >= 15 is 0 Å². The number of carbonyl (C=O) groups excluding carboxylic acids is 1. The first-order chi connectivity index (χ1) is 15.0. The average Bonchev–Trinajstić information content (AvgIpc) is 3.21. The molecule has 0 atom stereocenters. The van der Waals surface area contributed by atoms with Gasteiger partial charge in [0.1, 0.15) is 5.75 Å². The average molecular weight is 419 g/mol. The first kappa shape index (κ1) is 20.1. The molecule has 2 heterocycles. The van der Waals surface area contributed by atoms with Crippen molar-refractivity contribution in [3.8, 4) is 11.5 Å². The zero-order valence-electron chi connectivity index (χ0n) is 17.1. The number of anilines is 1. The van der Waals surface area contributed by atoms with Crippen LogP contribution in [0.15, 0.2) is 70.5 Å². The van der Waals surface area contributed by atoms with Crippen LogP contribution in [0.25, 0.3) is 11.2 Å². The standard InChI is InChI=1S/C22H21N5O4/c1-25-20-19(21(29)26(2)22(25)30)27(14-23-20)13-12-18(28)24-16-10-6-7-11-17(16)31-15-8-4-3-5-9-15/h3-11,14H,12-13H2,1-2H3,(H,24,28). The zero-order valence-corrected chi connectivity index (χ0v) is 17.1. The Morgan fingerprint density at radius 2 is 1.71 bits per heavy atom. The fraction of sp³-hybridized carbons (Fsp3) is 0.182. The number of carbonyl (C=O) groups is 1. The van der Waals surface area contributed by atoms with Crippen molar-refractivity contribution in [1.29, 1.82) is 0 Å². The van der Waals surface area contributed by atoms with Crippen LogP contribution in [0.3, 0.4) is 0 Å². The summed E-state index contributed by atoms with van der Waals surface area (Å²) in [5.74, 6) is 0.946. The number of aromatic nitrogens is 4. The summed E-state index contributed by atoms with van der Waals surface area (Å²) >= 11 is 0. The summed E-state index contributed by atoms with van der Waals surface area (Å²) in [6, 6.07) is 16.5. The molecule has 4 aromatic rings. The van der Waals surface area contributed by atoms with Crippen molar-refractivity contribution >= 4 is 22.8 Å². The molecule has 0 bridgehead atoms. The molecule has 158 valence electrons. The number of benzene rings is 2. The van der Waals surface area contributed by atoms with E-state index in [1.807, 2.05) is 36.4 Å². The Labute approximate surface area is 177 Å². The molecule has 0 saturated carbocycles. The predicted octanol–water partition coefficient (Wildman–Crippen LogP) is 2.25. The molecule has 0 aliphatic heterocycles. The lowest BCUT2D eigenvalue weighted by molar-refractivity contribution is -0.116. The summed E-state index contributed by atoms with van der Waals surface area (Å²) in [6.07, 6.45) is 1.57. The molecule has 2 aromatic carbocycles. The van der Waals surface area contributed by atoms with Crippen LogP contribution in [0.2, 0.25) is 0 Å². The molecule has 9 heteroatoms. The van der Waals surface area contributed by atoms with E-state index in [0.29, 0.717) is 17.2 Å². The third kappa shape index (κ3) is 3.97. The number of nitrogens with zero attached hydrogens (tertiary/aromatic N) is 4. The summed E-state index contributed by atoms with van der Waals surface area (Å²) in [6.45, 7) is 0.234. The molecular weight excluding hydrogens is 398 g/mol. The first-order valence-corrected chi connectivity index (χ1v) is 9.68. The second kappa shape index (κ2) is 8.31. The Morgan fingerprint density at radius 3 is 2.48 bits per heavy atom. The SMILES string of the molecule is Cn1c(=O)c2c(ncn2CCC(=O)Nc2ccccc2Oc2ccccc2)n(C)c1=O.